The number of hydrogen-bond donors (Lipinski definition) is 0. The normalized spacial score (nSPS) is 16.0. The van der Waals surface area contributed by atoms with Crippen LogP contribution < -0.4 is 4.90 Å². The number of nitrogens with zero attached hydrogens (tertiary/aromatic N) is 1. The summed E-state index contributed by atoms with van der Waals surface area (Å²) in [7, 11) is 0. The number of allylic oxidation sites excluding steroid dienone is 4. The number of fused-ring (bicyclic) bond motifs is 14. The van der Waals surface area contributed by atoms with Crippen molar-refractivity contribution in [2.45, 2.75) is 32.1 Å². The van der Waals surface area contributed by atoms with E-state index in [0.717, 1.165) is 24.2 Å². The van der Waals surface area contributed by atoms with Gasteiger partial charge in [-0.05, 0) is 116 Å². The number of hydrogen-bond acceptors (Lipinski definition) is 2. The molecule has 3 aliphatic rings. The average Bonchev–Trinajstić information content (AvgIpc) is 3.92. The molecular formula is C55H41NS. The van der Waals surface area contributed by atoms with Crippen LogP contribution in [0.2, 0.25) is 0 Å². The molecule has 0 radical (unpaired) electrons. The number of thiophene rings is 1. The summed E-state index contributed by atoms with van der Waals surface area (Å²) in [4.78, 5) is 2.51. The Morgan fingerprint density at radius 3 is 2.05 bits per heavy atom. The Hall–Kier alpha value is -6.48. The molecule has 2 heteroatoms. The van der Waals surface area contributed by atoms with E-state index < -0.39 is 5.41 Å². The van der Waals surface area contributed by atoms with Gasteiger partial charge in [-0.3, -0.25) is 0 Å². The summed E-state index contributed by atoms with van der Waals surface area (Å²) in [5.74, 6) is 0. The molecule has 1 spiro atoms. The molecule has 0 bridgehead atoms. The molecule has 8 aromatic carbocycles. The van der Waals surface area contributed by atoms with Gasteiger partial charge in [-0.1, -0.05) is 159 Å². The minimum absolute atomic E-state index is 0.429. The lowest BCUT2D eigenvalue weighted by atomic mass is 9.66. The van der Waals surface area contributed by atoms with Gasteiger partial charge in [0.05, 0.1) is 11.1 Å². The minimum Gasteiger partial charge on any atom is -0.310 e. The second-order valence-corrected chi connectivity index (χ2v) is 16.1. The molecule has 1 atom stereocenters. The van der Waals surface area contributed by atoms with E-state index in [1.54, 1.807) is 0 Å². The van der Waals surface area contributed by atoms with Gasteiger partial charge in [0.2, 0.25) is 0 Å². The lowest BCUT2D eigenvalue weighted by Gasteiger charge is -2.38. The van der Waals surface area contributed by atoms with Crippen LogP contribution in [-0.2, 0) is 5.41 Å². The molecule has 1 heterocycles. The van der Waals surface area contributed by atoms with Crippen molar-refractivity contribution in [2.75, 3.05) is 4.90 Å². The monoisotopic (exact) mass is 747 g/mol. The Balaban J connectivity index is 0.00000184. The fraction of sp³-hybridized carbons (Fsp3) is 0.0909. The van der Waals surface area contributed by atoms with Crippen molar-refractivity contribution in [2.24, 2.45) is 0 Å². The van der Waals surface area contributed by atoms with Crippen LogP contribution >= 0.6 is 11.3 Å². The largest absolute Gasteiger partial charge is 0.310 e. The lowest BCUT2D eigenvalue weighted by molar-refractivity contribution is 0.719. The van der Waals surface area contributed by atoms with Crippen molar-refractivity contribution < 1.29 is 0 Å². The average molecular weight is 748 g/mol. The predicted molar refractivity (Wildman–Crippen MR) is 245 cm³/mol. The van der Waals surface area contributed by atoms with Crippen molar-refractivity contribution in [3.63, 3.8) is 0 Å². The molecular weight excluding hydrogens is 707 g/mol. The fourth-order valence-corrected chi connectivity index (χ4v) is 11.4. The SMILES string of the molecule is C1=CC2=C(CC1)C1(c3ccccc32)c2c(cccc2N(c2ccccc2)c2ccc(-c3cccc4sc5ccccc5c34)cc2)-c2ccc3ccccc3c21.CC. The minimum atomic E-state index is -0.429. The standard InChI is InChI=1S/C53H35NS.C2H6/c1-2-15-36(16-3-1)54(37-31-28-35(29-32-37)38-21-13-27-49-50(38)44-20-8-11-26-48(44)55-49)47-25-12-22-42-43-33-30-34-14-4-5-17-39(34)51(43)53(52(42)47)45-23-9-6-18-40(45)41-19-7-10-24-46(41)53;1-2/h1-9,11-23,25-33H,10,24H2;1-2H3. The van der Waals surface area contributed by atoms with Crippen LogP contribution in [0.15, 0.2) is 194 Å². The van der Waals surface area contributed by atoms with E-state index in [1.165, 1.54) is 92.3 Å². The third-order valence-corrected chi connectivity index (χ3v) is 13.5. The number of benzene rings is 8. The second kappa shape index (κ2) is 13.3. The molecule has 1 aromatic heterocycles. The Bertz CT molecular complexity index is 3090. The van der Waals surface area contributed by atoms with Gasteiger partial charge in [0.1, 0.15) is 0 Å². The second-order valence-electron chi connectivity index (χ2n) is 15.0. The van der Waals surface area contributed by atoms with E-state index in [4.69, 9.17) is 0 Å². The Labute approximate surface area is 338 Å². The molecule has 57 heavy (non-hydrogen) atoms. The summed E-state index contributed by atoms with van der Waals surface area (Å²) in [6.45, 7) is 4.00. The first-order chi connectivity index (χ1) is 28.3. The van der Waals surface area contributed by atoms with E-state index >= 15 is 0 Å². The zero-order valence-corrected chi connectivity index (χ0v) is 33.0. The zero-order chi connectivity index (χ0) is 38.1. The predicted octanol–water partition coefficient (Wildman–Crippen LogP) is 15.8. The van der Waals surface area contributed by atoms with Crippen LogP contribution in [0, 0.1) is 0 Å². The van der Waals surface area contributed by atoms with Gasteiger partial charge in [-0.25, -0.2) is 0 Å². The van der Waals surface area contributed by atoms with Crippen LogP contribution in [0.1, 0.15) is 48.9 Å². The summed E-state index contributed by atoms with van der Waals surface area (Å²) >= 11 is 1.88. The van der Waals surface area contributed by atoms with Gasteiger partial charge in [-0.2, -0.15) is 0 Å². The van der Waals surface area contributed by atoms with E-state index in [1.807, 2.05) is 25.2 Å². The van der Waals surface area contributed by atoms with Crippen LogP contribution in [0.5, 0.6) is 0 Å². The molecule has 0 saturated carbocycles. The molecule has 0 amide bonds. The quantitative estimate of drug-likeness (QED) is 0.173. The van der Waals surface area contributed by atoms with Crippen LogP contribution in [0.3, 0.4) is 0 Å². The summed E-state index contributed by atoms with van der Waals surface area (Å²) in [5.41, 5.74) is 16.8. The first-order valence-electron chi connectivity index (χ1n) is 20.3. The van der Waals surface area contributed by atoms with Crippen LogP contribution in [0.4, 0.5) is 17.1 Å². The maximum absolute atomic E-state index is 2.51. The lowest BCUT2D eigenvalue weighted by Crippen LogP contribution is -2.30. The summed E-state index contributed by atoms with van der Waals surface area (Å²) in [5, 5.41) is 5.30. The highest BCUT2D eigenvalue weighted by Crippen LogP contribution is 2.67. The van der Waals surface area contributed by atoms with Crippen molar-refractivity contribution in [3.05, 3.63) is 216 Å². The number of anilines is 3. The molecule has 0 aliphatic heterocycles. The molecule has 272 valence electrons. The van der Waals surface area contributed by atoms with Crippen LogP contribution in [0.25, 0.3) is 58.8 Å². The molecule has 1 nitrogen and oxygen atoms in total. The Kier molecular flexibility index (Phi) is 7.91. The van der Waals surface area contributed by atoms with E-state index in [2.05, 4.69) is 193 Å². The van der Waals surface area contributed by atoms with Crippen molar-refractivity contribution in [1.29, 1.82) is 0 Å². The molecule has 12 rings (SSSR count). The van der Waals surface area contributed by atoms with Gasteiger partial charge >= 0.3 is 0 Å². The van der Waals surface area contributed by atoms with Crippen molar-refractivity contribution in [3.8, 4) is 22.3 Å². The Morgan fingerprint density at radius 1 is 0.509 bits per heavy atom. The van der Waals surface area contributed by atoms with Crippen molar-refractivity contribution in [1.82, 2.24) is 0 Å². The van der Waals surface area contributed by atoms with E-state index in [-0.39, 0.29) is 0 Å². The first kappa shape index (κ1) is 33.8. The van der Waals surface area contributed by atoms with Gasteiger partial charge in [0.25, 0.3) is 0 Å². The maximum Gasteiger partial charge on any atom is 0.0715 e. The molecule has 9 aromatic rings. The fourth-order valence-electron chi connectivity index (χ4n) is 10.3. The van der Waals surface area contributed by atoms with Gasteiger partial charge in [-0.15, -0.1) is 11.3 Å². The molecule has 0 saturated heterocycles. The highest BCUT2D eigenvalue weighted by atomic mass is 32.1. The smallest absolute Gasteiger partial charge is 0.0715 e. The topological polar surface area (TPSA) is 3.24 Å². The van der Waals surface area contributed by atoms with Gasteiger partial charge < -0.3 is 4.90 Å². The summed E-state index contributed by atoms with van der Waals surface area (Å²) in [6, 6.07) is 65.8. The molecule has 0 N–H and O–H groups in total. The first-order valence-corrected chi connectivity index (χ1v) is 21.1. The number of para-hydroxylation sites is 1. The molecule has 3 aliphatic carbocycles. The number of rotatable bonds is 4. The maximum atomic E-state index is 2.51. The van der Waals surface area contributed by atoms with E-state index in [0.29, 0.717) is 0 Å². The van der Waals surface area contributed by atoms with Crippen LogP contribution in [-0.4, -0.2) is 0 Å². The van der Waals surface area contributed by atoms with Gasteiger partial charge in [0.15, 0.2) is 0 Å². The van der Waals surface area contributed by atoms with Gasteiger partial charge in [0, 0.05) is 37.1 Å². The Morgan fingerprint density at radius 2 is 1.18 bits per heavy atom. The highest BCUT2D eigenvalue weighted by Gasteiger charge is 2.55. The summed E-state index contributed by atoms with van der Waals surface area (Å²) in [6.07, 6.45) is 6.85. The molecule has 1 unspecified atom stereocenters. The van der Waals surface area contributed by atoms with E-state index in [9.17, 15) is 0 Å². The third-order valence-electron chi connectivity index (χ3n) is 12.4. The third kappa shape index (κ3) is 4.81. The van der Waals surface area contributed by atoms with Crippen molar-refractivity contribution >= 4 is 64.9 Å². The molecule has 0 fully saturated rings. The zero-order valence-electron chi connectivity index (χ0n) is 32.2. The highest BCUT2D eigenvalue weighted by molar-refractivity contribution is 7.25. The summed E-state index contributed by atoms with van der Waals surface area (Å²) < 4.78 is 2.66.